The summed E-state index contributed by atoms with van der Waals surface area (Å²) in [6.45, 7) is 6.58. The van der Waals surface area contributed by atoms with Crippen LogP contribution in [0.5, 0.6) is 5.75 Å². The third-order valence-corrected chi connectivity index (χ3v) is 4.27. The molecule has 0 aliphatic carbocycles. The van der Waals surface area contributed by atoms with Gasteiger partial charge in [-0.2, -0.15) is 0 Å². The first-order chi connectivity index (χ1) is 12.0. The molecule has 0 aliphatic heterocycles. The van der Waals surface area contributed by atoms with Crippen LogP contribution in [-0.2, 0) is 11.2 Å². The second-order valence-corrected chi connectivity index (χ2v) is 6.28. The number of rotatable bonds is 8. The normalized spacial score (nSPS) is 11.8. The first-order valence-electron chi connectivity index (χ1n) is 8.75. The Morgan fingerprint density at radius 1 is 1.12 bits per heavy atom. The number of benzene rings is 2. The molecule has 134 valence electrons. The molecule has 0 spiro atoms. The van der Waals surface area contributed by atoms with E-state index < -0.39 is 6.10 Å². The van der Waals surface area contributed by atoms with Crippen molar-refractivity contribution in [2.45, 2.75) is 46.1 Å². The number of amides is 1. The van der Waals surface area contributed by atoms with E-state index in [9.17, 15) is 9.18 Å². The number of carbonyl (C=O) groups excluding carboxylic acids is 1. The number of ether oxygens (including phenoxy) is 1. The van der Waals surface area contributed by atoms with E-state index in [1.165, 1.54) is 17.7 Å². The van der Waals surface area contributed by atoms with E-state index in [0.717, 1.165) is 29.7 Å². The molecule has 3 nitrogen and oxygen atoms in total. The van der Waals surface area contributed by atoms with Crippen molar-refractivity contribution in [3.8, 4) is 5.75 Å². The fourth-order valence-corrected chi connectivity index (χ4v) is 2.54. The summed E-state index contributed by atoms with van der Waals surface area (Å²) in [6.07, 6.45) is 1.72. The van der Waals surface area contributed by atoms with Crippen LogP contribution >= 0.6 is 0 Å². The van der Waals surface area contributed by atoms with Crippen LogP contribution in [0.4, 0.5) is 4.39 Å². The molecule has 1 N–H and O–H groups in total. The van der Waals surface area contributed by atoms with Gasteiger partial charge in [-0.25, -0.2) is 4.39 Å². The summed E-state index contributed by atoms with van der Waals surface area (Å²) in [5.74, 6) is 0.391. The molecular weight excluding hydrogens is 317 g/mol. The molecular formula is C21H26FNO2. The summed E-state index contributed by atoms with van der Waals surface area (Å²) in [5.41, 5.74) is 3.41. The van der Waals surface area contributed by atoms with E-state index in [2.05, 4.69) is 5.32 Å². The monoisotopic (exact) mass is 343 g/mol. The first kappa shape index (κ1) is 19.0. The molecule has 4 heteroatoms. The van der Waals surface area contributed by atoms with Gasteiger partial charge in [-0.15, -0.1) is 0 Å². The van der Waals surface area contributed by atoms with Crippen LogP contribution in [0.1, 0.15) is 36.5 Å². The van der Waals surface area contributed by atoms with Crippen LogP contribution in [0.25, 0.3) is 0 Å². The molecule has 25 heavy (non-hydrogen) atoms. The van der Waals surface area contributed by atoms with Gasteiger partial charge in [0.2, 0.25) is 0 Å². The largest absolute Gasteiger partial charge is 0.481 e. The standard InChI is InChI=1S/C21H26FNO2/c1-4-20(25-19-12-7-15(2)16(3)14-19)21(24)23-13-5-6-17-8-10-18(22)11-9-17/h7-12,14,20H,4-6,13H2,1-3H3,(H,23,24)/t20-/m1/s1. The van der Waals surface area contributed by atoms with E-state index in [4.69, 9.17) is 4.74 Å². The van der Waals surface area contributed by atoms with E-state index >= 15 is 0 Å². The molecule has 0 fully saturated rings. The van der Waals surface area contributed by atoms with Gasteiger partial charge in [0.05, 0.1) is 0 Å². The summed E-state index contributed by atoms with van der Waals surface area (Å²) in [7, 11) is 0. The SMILES string of the molecule is CC[C@@H](Oc1ccc(C)c(C)c1)C(=O)NCCCc1ccc(F)cc1. The van der Waals surface area contributed by atoms with Crippen molar-refractivity contribution < 1.29 is 13.9 Å². The zero-order chi connectivity index (χ0) is 18.2. The molecule has 2 aromatic carbocycles. The van der Waals surface area contributed by atoms with Crippen LogP contribution in [0, 0.1) is 19.7 Å². The number of nitrogens with one attached hydrogen (secondary N) is 1. The highest BCUT2D eigenvalue weighted by atomic mass is 19.1. The predicted molar refractivity (Wildman–Crippen MR) is 98.4 cm³/mol. The van der Waals surface area contributed by atoms with Gasteiger partial charge in [0.15, 0.2) is 6.10 Å². The Morgan fingerprint density at radius 3 is 2.48 bits per heavy atom. The van der Waals surface area contributed by atoms with Gasteiger partial charge in [-0.3, -0.25) is 4.79 Å². The van der Waals surface area contributed by atoms with Crippen molar-refractivity contribution in [2.75, 3.05) is 6.54 Å². The maximum atomic E-state index is 12.9. The van der Waals surface area contributed by atoms with Crippen LogP contribution in [0.15, 0.2) is 42.5 Å². The molecule has 0 saturated carbocycles. The average molecular weight is 343 g/mol. The van der Waals surface area contributed by atoms with Gasteiger partial charge >= 0.3 is 0 Å². The Bertz CT molecular complexity index is 698. The zero-order valence-electron chi connectivity index (χ0n) is 15.1. The molecule has 0 radical (unpaired) electrons. The van der Waals surface area contributed by atoms with Crippen molar-refractivity contribution in [2.24, 2.45) is 0 Å². The molecule has 0 unspecified atom stereocenters. The molecule has 0 aliphatic rings. The lowest BCUT2D eigenvalue weighted by atomic mass is 10.1. The van der Waals surface area contributed by atoms with Crippen LogP contribution in [-0.4, -0.2) is 18.6 Å². The molecule has 0 heterocycles. The summed E-state index contributed by atoms with van der Waals surface area (Å²) < 4.78 is 18.7. The van der Waals surface area contributed by atoms with Gasteiger partial charge in [-0.05, 0) is 74.1 Å². The fourth-order valence-electron chi connectivity index (χ4n) is 2.54. The number of aryl methyl sites for hydroxylation is 3. The van der Waals surface area contributed by atoms with Crippen molar-refractivity contribution >= 4 is 5.91 Å². The lowest BCUT2D eigenvalue weighted by Gasteiger charge is -2.18. The van der Waals surface area contributed by atoms with Gasteiger partial charge in [0.1, 0.15) is 11.6 Å². The topological polar surface area (TPSA) is 38.3 Å². The molecule has 1 amide bonds. The van der Waals surface area contributed by atoms with Crippen molar-refractivity contribution in [3.05, 3.63) is 65.0 Å². The summed E-state index contributed by atoms with van der Waals surface area (Å²) in [5, 5.41) is 2.92. The summed E-state index contributed by atoms with van der Waals surface area (Å²) >= 11 is 0. The predicted octanol–water partition coefficient (Wildman–Crippen LogP) is 4.35. The molecule has 1 atom stereocenters. The zero-order valence-corrected chi connectivity index (χ0v) is 15.1. The average Bonchev–Trinajstić information content (AvgIpc) is 2.61. The second-order valence-electron chi connectivity index (χ2n) is 6.28. The third kappa shape index (κ3) is 5.89. The Balaban J connectivity index is 1.79. The number of halogens is 1. The highest BCUT2D eigenvalue weighted by molar-refractivity contribution is 5.81. The van der Waals surface area contributed by atoms with Crippen molar-refractivity contribution in [1.29, 1.82) is 0 Å². The fraction of sp³-hybridized carbons (Fsp3) is 0.381. The third-order valence-electron chi connectivity index (χ3n) is 4.27. The maximum Gasteiger partial charge on any atom is 0.261 e. The highest BCUT2D eigenvalue weighted by Gasteiger charge is 2.17. The van der Waals surface area contributed by atoms with Crippen LogP contribution in [0.2, 0.25) is 0 Å². The first-order valence-corrected chi connectivity index (χ1v) is 8.75. The number of hydrogen-bond donors (Lipinski definition) is 1. The molecule has 2 rings (SSSR count). The smallest absolute Gasteiger partial charge is 0.261 e. The number of hydrogen-bond acceptors (Lipinski definition) is 2. The van der Waals surface area contributed by atoms with Crippen molar-refractivity contribution in [3.63, 3.8) is 0 Å². The molecule has 0 bridgehead atoms. The Hall–Kier alpha value is -2.36. The lowest BCUT2D eigenvalue weighted by molar-refractivity contribution is -0.128. The van der Waals surface area contributed by atoms with Crippen LogP contribution in [0.3, 0.4) is 0 Å². The van der Waals surface area contributed by atoms with Gasteiger partial charge in [-0.1, -0.05) is 25.1 Å². The minimum absolute atomic E-state index is 0.0974. The molecule has 0 aromatic heterocycles. The van der Waals surface area contributed by atoms with E-state index in [1.54, 1.807) is 12.1 Å². The van der Waals surface area contributed by atoms with Gasteiger partial charge in [0.25, 0.3) is 5.91 Å². The number of carbonyl (C=O) groups is 1. The minimum Gasteiger partial charge on any atom is -0.481 e. The maximum absolute atomic E-state index is 12.9. The van der Waals surface area contributed by atoms with Gasteiger partial charge in [0, 0.05) is 6.54 Å². The Kier molecular flexibility index (Phi) is 6.99. The van der Waals surface area contributed by atoms with Crippen LogP contribution < -0.4 is 10.1 Å². The lowest BCUT2D eigenvalue weighted by Crippen LogP contribution is -2.38. The molecule has 0 saturated heterocycles. The quantitative estimate of drug-likeness (QED) is 0.724. The van der Waals surface area contributed by atoms with E-state index in [0.29, 0.717) is 13.0 Å². The highest BCUT2D eigenvalue weighted by Crippen LogP contribution is 2.18. The van der Waals surface area contributed by atoms with Gasteiger partial charge < -0.3 is 10.1 Å². The van der Waals surface area contributed by atoms with Crippen molar-refractivity contribution in [1.82, 2.24) is 5.32 Å². The van der Waals surface area contributed by atoms with E-state index in [1.807, 2.05) is 39.0 Å². The summed E-state index contributed by atoms with van der Waals surface area (Å²) in [4.78, 5) is 12.3. The van der Waals surface area contributed by atoms with E-state index in [-0.39, 0.29) is 11.7 Å². The Morgan fingerprint density at radius 2 is 1.84 bits per heavy atom. The molecule has 2 aromatic rings. The summed E-state index contributed by atoms with van der Waals surface area (Å²) in [6, 6.07) is 12.3. The second kappa shape index (κ2) is 9.21. The minimum atomic E-state index is -0.493. The Labute approximate surface area is 149 Å².